The molecule has 0 radical (unpaired) electrons. The molecular formula is C20H32FIN4O2. The minimum atomic E-state index is -0.350. The van der Waals surface area contributed by atoms with Gasteiger partial charge < -0.3 is 20.7 Å². The van der Waals surface area contributed by atoms with Gasteiger partial charge in [0.05, 0.1) is 12.6 Å². The lowest BCUT2D eigenvalue weighted by atomic mass is 10.1. The molecule has 1 aromatic carbocycles. The molecule has 2 rings (SSSR count). The second-order valence-electron chi connectivity index (χ2n) is 6.91. The summed E-state index contributed by atoms with van der Waals surface area (Å²) in [6.07, 6.45) is 3.64. The molecule has 0 spiro atoms. The highest BCUT2D eigenvalue weighted by Crippen LogP contribution is 2.30. The first kappa shape index (κ1) is 24.5. The molecule has 1 unspecified atom stereocenters. The predicted octanol–water partition coefficient (Wildman–Crippen LogP) is 3.37. The van der Waals surface area contributed by atoms with Gasteiger partial charge in [0.25, 0.3) is 0 Å². The van der Waals surface area contributed by atoms with Crippen molar-refractivity contribution < 1.29 is 13.9 Å². The summed E-state index contributed by atoms with van der Waals surface area (Å²) < 4.78 is 19.8. The molecule has 1 amide bonds. The van der Waals surface area contributed by atoms with E-state index in [9.17, 15) is 9.18 Å². The van der Waals surface area contributed by atoms with Crippen LogP contribution in [-0.4, -0.2) is 38.6 Å². The van der Waals surface area contributed by atoms with Crippen molar-refractivity contribution in [1.82, 2.24) is 16.0 Å². The zero-order valence-corrected chi connectivity index (χ0v) is 19.2. The molecule has 3 N–H and O–H groups in total. The van der Waals surface area contributed by atoms with Gasteiger partial charge in [0.15, 0.2) is 17.5 Å². The Kier molecular flexibility index (Phi) is 11.2. The third-order valence-corrected chi connectivity index (χ3v) is 4.42. The first-order chi connectivity index (χ1) is 13.0. The first-order valence-electron chi connectivity index (χ1n) is 9.69. The van der Waals surface area contributed by atoms with Gasteiger partial charge in [-0.1, -0.05) is 13.0 Å². The van der Waals surface area contributed by atoms with Gasteiger partial charge in [-0.2, -0.15) is 0 Å². The number of nitrogens with one attached hydrogen (secondary N) is 3. The minimum absolute atomic E-state index is 0. The van der Waals surface area contributed by atoms with Crippen molar-refractivity contribution in [2.45, 2.75) is 45.6 Å². The van der Waals surface area contributed by atoms with Crippen LogP contribution in [0.25, 0.3) is 0 Å². The molecule has 1 aliphatic carbocycles. The second-order valence-corrected chi connectivity index (χ2v) is 6.91. The number of carbonyl (C=O) groups excluding carboxylic acids is 1. The molecule has 1 aromatic rings. The molecule has 1 atom stereocenters. The van der Waals surface area contributed by atoms with Crippen LogP contribution in [0, 0.1) is 11.7 Å². The molecule has 158 valence electrons. The molecule has 0 aromatic heterocycles. The summed E-state index contributed by atoms with van der Waals surface area (Å²) in [6.45, 7) is 5.70. The van der Waals surface area contributed by atoms with Crippen molar-refractivity contribution in [2.75, 3.05) is 26.7 Å². The Bertz CT molecular complexity index is 653. The number of ether oxygens (including phenoxy) is 1. The Labute approximate surface area is 184 Å². The predicted molar refractivity (Wildman–Crippen MR) is 121 cm³/mol. The topological polar surface area (TPSA) is 74.8 Å². The van der Waals surface area contributed by atoms with Gasteiger partial charge in [0.2, 0.25) is 5.91 Å². The van der Waals surface area contributed by atoms with Crippen molar-refractivity contribution in [3.8, 4) is 5.75 Å². The van der Waals surface area contributed by atoms with E-state index in [1.807, 2.05) is 19.9 Å². The smallest absolute Gasteiger partial charge is 0.221 e. The van der Waals surface area contributed by atoms with E-state index < -0.39 is 0 Å². The van der Waals surface area contributed by atoms with Crippen LogP contribution in [0.1, 0.15) is 51.1 Å². The summed E-state index contributed by atoms with van der Waals surface area (Å²) in [5.41, 5.74) is 0.801. The third-order valence-electron chi connectivity index (χ3n) is 4.42. The van der Waals surface area contributed by atoms with Crippen LogP contribution in [0.5, 0.6) is 5.75 Å². The highest BCUT2D eigenvalue weighted by molar-refractivity contribution is 14.0. The summed E-state index contributed by atoms with van der Waals surface area (Å²) in [5, 5.41) is 9.14. The SMILES string of the molecule is CCCNC(=O)CCNC(=NC)NC(C)c1ccc(OCC2CC2)c(F)c1.I. The van der Waals surface area contributed by atoms with Crippen molar-refractivity contribution in [3.05, 3.63) is 29.6 Å². The number of amides is 1. The van der Waals surface area contributed by atoms with Crippen molar-refractivity contribution in [3.63, 3.8) is 0 Å². The Morgan fingerprint density at radius 2 is 2.07 bits per heavy atom. The maximum absolute atomic E-state index is 14.3. The van der Waals surface area contributed by atoms with Crippen LogP contribution in [0.2, 0.25) is 0 Å². The maximum atomic E-state index is 14.3. The van der Waals surface area contributed by atoms with Gasteiger partial charge in [-0.3, -0.25) is 9.79 Å². The average molecular weight is 506 g/mol. The van der Waals surface area contributed by atoms with Gasteiger partial charge >= 0.3 is 0 Å². The van der Waals surface area contributed by atoms with Gasteiger partial charge in [-0.15, -0.1) is 24.0 Å². The fourth-order valence-electron chi connectivity index (χ4n) is 2.53. The maximum Gasteiger partial charge on any atom is 0.221 e. The molecule has 0 aliphatic heterocycles. The van der Waals surface area contributed by atoms with E-state index in [1.165, 1.54) is 18.9 Å². The van der Waals surface area contributed by atoms with Crippen molar-refractivity contribution >= 4 is 35.8 Å². The molecule has 1 aliphatic rings. The lowest BCUT2D eigenvalue weighted by molar-refractivity contribution is -0.120. The average Bonchev–Trinajstić information content (AvgIpc) is 3.48. The number of rotatable bonds is 10. The molecule has 1 saturated carbocycles. The van der Waals surface area contributed by atoms with Crippen LogP contribution < -0.4 is 20.7 Å². The van der Waals surface area contributed by atoms with E-state index >= 15 is 0 Å². The fraction of sp³-hybridized carbons (Fsp3) is 0.600. The van der Waals surface area contributed by atoms with Crippen LogP contribution in [0.3, 0.4) is 0 Å². The van der Waals surface area contributed by atoms with Gasteiger partial charge in [0, 0.05) is 26.6 Å². The summed E-state index contributed by atoms with van der Waals surface area (Å²) in [7, 11) is 1.66. The fourth-order valence-corrected chi connectivity index (χ4v) is 2.53. The normalized spacial score (nSPS) is 14.6. The standard InChI is InChI=1S/C20H31FN4O2.HI/c1-4-10-23-19(26)9-11-24-20(22-3)25-14(2)16-7-8-18(17(21)12-16)27-13-15-5-6-15;/h7-8,12,14-15H,4-6,9-11,13H2,1-3H3,(H,23,26)(H2,22,24,25);1H. The molecule has 0 heterocycles. The van der Waals surface area contributed by atoms with Crippen molar-refractivity contribution in [2.24, 2.45) is 10.9 Å². The van der Waals surface area contributed by atoms with E-state index in [0.29, 0.717) is 43.7 Å². The summed E-state index contributed by atoms with van der Waals surface area (Å²) in [6, 6.07) is 4.89. The van der Waals surface area contributed by atoms with Crippen LogP contribution in [-0.2, 0) is 4.79 Å². The monoisotopic (exact) mass is 506 g/mol. The first-order valence-corrected chi connectivity index (χ1v) is 9.69. The van der Waals surface area contributed by atoms with E-state index in [4.69, 9.17) is 4.74 Å². The highest BCUT2D eigenvalue weighted by atomic mass is 127. The lowest BCUT2D eigenvalue weighted by Crippen LogP contribution is -2.40. The molecule has 8 heteroatoms. The Balaban J connectivity index is 0.00000392. The number of aliphatic imine (C=N–C) groups is 1. The Morgan fingerprint density at radius 1 is 1.32 bits per heavy atom. The van der Waals surface area contributed by atoms with E-state index in [-0.39, 0.29) is 41.7 Å². The highest BCUT2D eigenvalue weighted by Gasteiger charge is 2.22. The van der Waals surface area contributed by atoms with Crippen LogP contribution in [0.4, 0.5) is 4.39 Å². The molecule has 28 heavy (non-hydrogen) atoms. The van der Waals surface area contributed by atoms with E-state index in [1.54, 1.807) is 13.1 Å². The van der Waals surface area contributed by atoms with Gasteiger partial charge in [-0.05, 0) is 49.8 Å². The van der Waals surface area contributed by atoms with E-state index in [0.717, 1.165) is 12.0 Å². The Morgan fingerprint density at radius 3 is 2.68 bits per heavy atom. The quantitative estimate of drug-likeness (QED) is 0.259. The third kappa shape index (κ3) is 8.62. The number of hydrogen-bond donors (Lipinski definition) is 3. The molecule has 0 bridgehead atoms. The lowest BCUT2D eigenvalue weighted by Gasteiger charge is -2.19. The largest absolute Gasteiger partial charge is 0.490 e. The van der Waals surface area contributed by atoms with Crippen LogP contribution in [0.15, 0.2) is 23.2 Å². The minimum Gasteiger partial charge on any atom is -0.490 e. The summed E-state index contributed by atoms with van der Waals surface area (Å²) in [4.78, 5) is 15.8. The number of nitrogens with zero attached hydrogens (tertiary/aromatic N) is 1. The summed E-state index contributed by atoms with van der Waals surface area (Å²) in [5.74, 6) is 1.12. The van der Waals surface area contributed by atoms with Crippen molar-refractivity contribution in [1.29, 1.82) is 0 Å². The number of halogens is 2. The van der Waals surface area contributed by atoms with Gasteiger partial charge in [0.1, 0.15) is 0 Å². The number of guanidine groups is 1. The zero-order chi connectivity index (χ0) is 19.6. The number of carbonyl (C=O) groups is 1. The van der Waals surface area contributed by atoms with Crippen LogP contribution >= 0.6 is 24.0 Å². The second kappa shape index (κ2) is 12.8. The number of benzene rings is 1. The zero-order valence-electron chi connectivity index (χ0n) is 16.9. The molecule has 1 fully saturated rings. The summed E-state index contributed by atoms with van der Waals surface area (Å²) >= 11 is 0. The van der Waals surface area contributed by atoms with Gasteiger partial charge in [-0.25, -0.2) is 4.39 Å². The Hall–Kier alpha value is -1.58. The molecule has 0 saturated heterocycles. The number of hydrogen-bond acceptors (Lipinski definition) is 3. The van der Waals surface area contributed by atoms with E-state index in [2.05, 4.69) is 20.9 Å². The molecule has 6 nitrogen and oxygen atoms in total. The molecular weight excluding hydrogens is 474 g/mol.